The van der Waals surface area contributed by atoms with E-state index in [0.29, 0.717) is 34.2 Å². The summed E-state index contributed by atoms with van der Waals surface area (Å²) < 4.78 is 3.21. The highest BCUT2D eigenvalue weighted by Gasteiger charge is 2.15. The summed E-state index contributed by atoms with van der Waals surface area (Å²) >= 11 is 6.29. The number of H-pyrrole nitrogens is 1. The van der Waals surface area contributed by atoms with Gasteiger partial charge in [0, 0.05) is 35.1 Å². The van der Waals surface area contributed by atoms with Gasteiger partial charge in [-0.05, 0) is 64.4 Å². The molecule has 192 valence electrons. The van der Waals surface area contributed by atoms with Gasteiger partial charge in [-0.25, -0.2) is 9.78 Å². The Labute approximate surface area is 222 Å². The minimum Gasteiger partial charge on any atom is -0.465 e. The van der Waals surface area contributed by atoms with Crippen molar-refractivity contribution >= 4 is 23.4 Å². The van der Waals surface area contributed by atoms with Crippen LogP contribution in [0.15, 0.2) is 71.9 Å². The molecule has 11 nitrogen and oxygen atoms in total. The predicted octanol–water partition coefficient (Wildman–Crippen LogP) is 4.26. The number of aromatic amines is 1. The minimum absolute atomic E-state index is 0.180. The van der Waals surface area contributed by atoms with E-state index in [9.17, 15) is 9.59 Å². The third-order valence-electron chi connectivity index (χ3n) is 6.23. The second-order valence-corrected chi connectivity index (χ2v) is 9.00. The number of hydrogen-bond acceptors (Lipinski definition) is 6. The summed E-state index contributed by atoms with van der Waals surface area (Å²) in [7, 11) is 1.49. The van der Waals surface area contributed by atoms with Crippen LogP contribution in [-0.4, -0.2) is 53.0 Å². The lowest BCUT2D eigenvalue weighted by Crippen LogP contribution is -2.24. The highest BCUT2D eigenvalue weighted by Crippen LogP contribution is 2.29. The molecule has 12 heteroatoms. The Balaban J connectivity index is 1.44. The molecule has 0 fully saturated rings. The molecule has 0 radical (unpaired) electrons. The van der Waals surface area contributed by atoms with Gasteiger partial charge in [-0.15, -0.1) is 5.10 Å². The molecule has 0 atom stereocenters. The van der Waals surface area contributed by atoms with Crippen molar-refractivity contribution in [2.24, 2.45) is 0 Å². The average Bonchev–Trinajstić information content (AvgIpc) is 3.62. The highest BCUT2D eigenvalue weighted by molar-refractivity contribution is 6.31. The number of aromatic nitrogens is 7. The van der Waals surface area contributed by atoms with Crippen molar-refractivity contribution in [2.45, 2.75) is 19.9 Å². The van der Waals surface area contributed by atoms with E-state index in [1.54, 1.807) is 41.1 Å². The van der Waals surface area contributed by atoms with Crippen LogP contribution < -0.4 is 10.5 Å². The maximum atomic E-state index is 13.3. The van der Waals surface area contributed by atoms with Crippen LogP contribution >= 0.6 is 11.6 Å². The SMILES string of the molecule is CCc1cc(-c2cc(Cl)ccc2-n2cnnn2)cc(=O)n1Cc1ncc(-c2ccc(N(C)C(=O)O)cc2)[nH]1. The molecule has 0 aliphatic rings. The number of rotatable bonds is 7. The van der Waals surface area contributed by atoms with Gasteiger partial charge in [-0.3, -0.25) is 9.69 Å². The van der Waals surface area contributed by atoms with Crippen molar-refractivity contribution in [1.29, 1.82) is 0 Å². The first-order chi connectivity index (χ1) is 18.3. The Morgan fingerprint density at radius 3 is 2.58 bits per heavy atom. The van der Waals surface area contributed by atoms with Crippen molar-refractivity contribution in [3.05, 3.63) is 94.0 Å². The summed E-state index contributed by atoms with van der Waals surface area (Å²) in [4.78, 5) is 33.3. The summed E-state index contributed by atoms with van der Waals surface area (Å²) in [5.41, 5.74) is 4.97. The van der Waals surface area contributed by atoms with Crippen molar-refractivity contribution in [2.75, 3.05) is 11.9 Å². The van der Waals surface area contributed by atoms with Gasteiger partial charge in [-0.2, -0.15) is 4.68 Å². The summed E-state index contributed by atoms with van der Waals surface area (Å²) in [6.45, 7) is 2.25. The quantitative estimate of drug-likeness (QED) is 0.321. The van der Waals surface area contributed by atoms with Gasteiger partial charge in [0.2, 0.25) is 0 Å². The van der Waals surface area contributed by atoms with Crippen LogP contribution in [0.4, 0.5) is 10.5 Å². The number of imidazole rings is 1. The zero-order valence-electron chi connectivity index (χ0n) is 20.5. The lowest BCUT2D eigenvalue weighted by Gasteiger charge is -2.15. The Morgan fingerprint density at radius 2 is 1.89 bits per heavy atom. The van der Waals surface area contributed by atoms with Crippen LogP contribution in [-0.2, 0) is 13.0 Å². The fraction of sp³-hybridized carbons (Fsp3) is 0.154. The molecule has 0 aliphatic heterocycles. The number of aryl methyl sites for hydroxylation is 1. The zero-order valence-corrected chi connectivity index (χ0v) is 21.3. The second-order valence-electron chi connectivity index (χ2n) is 8.56. The summed E-state index contributed by atoms with van der Waals surface area (Å²) in [6, 6.07) is 16.0. The van der Waals surface area contributed by atoms with Crippen molar-refractivity contribution in [3.8, 4) is 28.1 Å². The standard InChI is InChI=1S/C26H23ClN8O3/c1-3-19-10-17(21-12-18(27)6-9-23(21)35-15-29-31-32-35)11-25(36)34(19)14-24-28-13-22(30-24)16-4-7-20(8-5-16)33(2)26(37)38/h4-13,15H,3,14H2,1-2H3,(H,28,30)(H,37,38). The number of tetrazole rings is 1. The maximum absolute atomic E-state index is 13.3. The Hall–Kier alpha value is -4.77. The third-order valence-corrected chi connectivity index (χ3v) is 6.47. The van der Waals surface area contributed by atoms with E-state index in [4.69, 9.17) is 16.7 Å². The number of nitrogens with zero attached hydrogens (tertiary/aromatic N) is 7. The molecule has 3 heterocycles. The van der Waals surface area contributed by atoms with Gasteiger partial charge in [0.05, 0.1) is 24.1 Å². The smallest absolute Gasteiger partial charge is 0.411 e. The van der Waals surface area contributed by atoms with Crippen LogP contribution in [0.1, 0.15) is 18.4 Å². The summed E-state index contributed by atoms with van der Waals surface area (Å²) in [5, 5.41) is 21.1. The van der Waals surface area contributed by atoms with Gasteiger partial charge < -0.3 is 14.7 Å². The lowest BCUT2D eigenvalue weighted by molar-refractivity contribution is 0.203. The molecule has 5 rings (SSSR count). The monoisotopic (exact) mass is 530 g/mol. The number of pyridine rings is 1. The molecular weight excluding hydrogens is 508 g/mol. The predicted molar refractivity (Wildman–Crippen MR) is 143 cm³/mol. The Bertz CT molecular complexity index is 1660. The fourth-order valence-corrected chi connectivity index (χ4v) is 4.38. The first kappa shape index (κ1) is 24.9. The Kier molecular flexibility index (Phi) is 6.75. The molecule has 0 bridgehead atoms. The molecule has 0 saturated carbocycles. The van der Waals surface area contributed by atoms with E-state index in [1.165, 1.54) is 18.1 Å². The average molecular weight is 531 g/mol. The number of benzene rings is 2. The maximum Gasteiger partial charge on any atom is 0.411 e. The molecule has 0 unspecified atom stereocenters. The molecule has 2 aromatic carbocycles. The van der Waals surface area contributed by atoms with Gasteiger partial charge >= 0.3 is 6.09 Å². The molecule has 0 aliphatic carbocycles. The first-order valence-electron chi connectivity index (χ1n) is 11.7. The van der Waals surface area contributed by atoms with E-state index >= 15 is 0 Å². The molecule has 0 spiro atoms. The van der Waals surface area contributed by atoms with Gasteiger partial charge in [0.1, 0.15) is 12.2 Å². The number of nitrogens with one attached hydrogen (secondary N) is 1. The zero-order chi connectivity index (χ0) is 26.8. The van der Waals surface area contributed by atoms with E-state index in [0.717, 1.165) is 27.4 Å². The molecule has 3 aromatic heterocycles. The second kappa shape index (κ2) is 10.3. The number of carboxylic acid groups (broad SMARTS) is 1. The van der Waals surface area contributed by atoms with Crippen LogP contribution in [0, 0.1) is 0 Å². The number of carbonyl (C=O) groups is 1. The molecule has 5 aromatic rings. The fourth-order valence-electron chi connectivity index (χ4n) is 4.20. The lowest BCUT2D eigenvalue weighted by atomic mass is 10.0. The first-order valence-corrected chi connectivity index (χ1v) is 12.1. The van der Waals surface area contributed by atoms with Crippen LogP contribution in [0.25, 0.3) is 28.1 Å². The van der Waals surface area contributed by atoms with Gasteiger partial charge in [0.25, 0.3) is 5.56 Å². The number of anilines is 1. The minimum atomic E-state index is -1.04. The van der Waals surface area contributed by atoms with E-state index < -0.39 is 6.09 Å². The third kappa shape index (κ3) is 4.91. The number of amides is 1. The molecule has 38 heavy (non-hydrogen) atoms. The molecule has 0 saturated heterocycles. The molecule has 1 amide bonds. The highest BCUT2D eigenvalue weighted by atomic mass is 35.5. The topological polar surface area (TPSA) is 135 Å². The van der Waals surface area contributed by atoms with Crippen molar-refractivity contribution in [3.63, 3.8) is 0 Å². The number of hydrogen-bond donors (Lipinski definition) is 2. The van der Waals surface area contributed by atoms with Crippen LogP contribution in [0.3, 0.4) is 0 Å². The van der Waals surface area contributed by atoms with E-state index in [-0.39, 0.29) is 12.1 Å². The summed E-state index contributed by atoms with van der Waals surface area (Å²) in [6.07, 6.45) is 2.77. The Morgan fingerprint density at radius 1 is 1.11 bits per heavy atom. The van der Waals surface area contributed by atoms with E-state index in [2.05, 4.69) is 25.5 Å². The largest absolute Gasteiger partial charge is 0.465 e. The van der Waals surface area contributed by atoms with Crippen molar-refractivity contribution in [1.82, 2.24) is 34.7 Å². The van der Waals surface area contributed by atoms with Crippen LogP contribution in [0.2, 0.25) is 5.02 Å². The van der Waals surface area contributed by atoms with Crippen LogP contribution in [0.5, 0.6) is 0 Å². The molecular formula is C26H23ClN8O3. The molecule has 2 N–H and O–H groups in total. The van der Waals surface area contributed by atoms with E-state index in [1.807, 2.05) is 31.2 Å². The normalized spacial score (nSPS) is 11.0. The summed E-state index contributed by atoms with van der Waals surface area (Å²) in [5.74, 6) is 0.619. The van der Waals surface area contributed by atoms with Gasteiger partial charge in [-0.1, -0.05) is 30.7 Å². The van der Waals surface area contributed by atoms with Gasteiger partial charge in [0.15, 0.2) is 0 Å². The number of halogens is 1. The van der Waals surface area contributed by atoms with Crippen molar-refractivity contribution < 1.29 is 9.90 Å².